The third-order valence-electron chi connectivity index (χ3n) is 3.98. The van der Waals surface area contributed by atoms with Crippen LogP contribution in [0.15, 0.2) is 47.3 Å². The molecule has 0 spiro atoms. The number of pyridine rings is 1. The van der Waals surface area contributed by atoms with Crippen LogP contribution < -0.4 is 15.6 Å². The summed E-state index contributed by atoms with van der Waals surface area (Å²) >= 11 is 11.9. The fourth-order valence-electron chi connectivity index (χ4n) is 2.82. The van der Waals surface area contributed by atoms with E-state index in [2.05, 4.69) is 17.2 Å². The highest BCUT2D eigenvalue weighted by molar-refractivity contribution is 6.35. The van der Waals surface area contributed by atoms with Crippen molar-refractivity contribution in [1.29, 1.82) is 0 Å². The molecule has 3 rings (SSSR count). The summed E-state index contributed by atoms with van der Waals surface area (Å²) in [5, 5.41) is 4.55. The highest BCUT2D eigenvalue weighted by Gasteiger charge is 2.09. The Morgan fingerprint density at radius 1 is 1.15 bits per heavy atom. The first-order valence-corrected chi connectivity index (χ1v) is 9.25. The summed E-state index contributed by atoms with van der Waals surface area (Å²) in [6, 6.07) is 11.8. The van der Waals surface area contributed by atoms with Gasteiger partial charge >= 0.3 is 0 Å². The van der Waals surface area contributed by atoms with E-state index in [0.29, 0.717) is 27.0 Å². The van der Waals surface area contributed by atoms with Gasteiger partial charge in [0.1, 0.15) is 5.75 Å². The average Bonchev–Trinajstić information content (AvgIpc) is 2.61. The van der Waals surface area contributed by atoms with Gasteiger partial charge in [-0.05, 0) is 42.3 Å². The van der Waals surface area contributed by atoms with E-state index in [-0.39, 0.29) is 18.1 Å². The molecule has 0 fully saturated rings. The summed E-state index contributed by atoms with van der Waals surface area (Å²) in [5.74, 6) is 0.0377. The molecule has 0 saturated carbocycles. The molecular weight excluding hydrogens is 387 g/mol. The Morgan fingerprint density at radius 3 is 2.70 bits per heavy atom. The quantitative estimate of drug-likeness (QED) is 0.619. The zero-order valence-electron chi connectivity index (χ0n) is 14.6. The number of nitrogens with one attached hydrogen (secondary N) is 2. The highest BCUT2D eigenvalue weighted by Crippen LogP contribution is 2.27. The van der Waals surface area contributed by atoms with Gasteiger partial charge in [0.25, 0.3) is 5.91 Å². The average molecular weight is 405 g/mol. The molecule has 2 N–H and O–H groups in total. The molecule has 2 aromatic carbocycles. The Labute approximate surface area is 166 Å². The van der Waals surface area contributed by atoms with Crippen LogP contribution in [0, 0.1) is 0 Å². The van der Waals surface area contributed by atoms with Crippen LogP contribution in [0.1, 0.15) is 18.9 Å². The summed E-state index contributed by atoms with van der Waals surface area (Å²) in [5.41, 5.74) is 2.10. The summed E-state index contributed by atoms with van der Waals surface area (Å²) < 4.78 is 5.42. The molecule has 5 nitrogen and oxygen atoms in total. The number of aromatic nitrogens is 1. The fraction of sp³-hybridized carbons (Fsp3) is 0.200. The predicted octanol–water partition coefficient (Wildman–Crippen LogP) is 4.80. The van der Waals surface area contributed by atoms with Crippen molar-refractivity contribution in [2.24, 2.45) is 0 Å². The van der Waals surface area contributed by atoms with Crippen LogP contribution >= 0.6 is 23.2 Å². The normalized spacial score (nSPS) is 10.8. The Balaban J connectivity index is 1.72. The van der Waals surface area contributed by atoms with E-state index < -0.39 is 0 Å². The Bertz CT molecular complexity index is 1050. The summed E-state index contributed by atoms with van der Waals surface area (Å²) in [7, 11) is 0. The second kappa shape index (κ2) is 8.46. The van der Waals surface area contributed by atoms with Crippen LogP contribution in [0.5, 0.6) is 5.75 Å². The number of aryl methyl sites for hydroxylation is 1. The number of aromatic amines is 1. The molecule has 1 aromatic heterocycles. The van der Waals surface area contributed by atoms with Crippen LogP contribution in [-0.2, 0) is 11.2 Å². The molecule has 1 heterocycles. The van der Waals surface area contributed by atoms with Gasteiger partial charge in [0.2, 0.25) is 5.56 Å². The molecule has 0 atom stereocenters. The van der Waals surface area contributed by atoms with Gasteiger partial charge < -0.3 is 15.0 Å². The molecule has 0 aliphatic carbocycles. The molecule has 0 saturated heterocycles. The van der Waals surface area contributed by atoms with Gasteiger partial charge in [-0.2, -0.15) is 0 Å². The van der Waals surface area contributed by atoms with Crippen LogP contribution in [0.3, 0.4) is 0 Å². The third-order valence-corrected chi connectivity index (χ3v) is 4.51. The number of anilines is 1. The number of H-pyrrole nitrogens is 1. The van der Waals surface area contributed by atoms with Crippen molar-refractivity contribution in [2.75, 3.05) is 11.9 Å². The summed E-state index contributed by atoms with van der Waals surface area (Å²) in [6.45, 7) is 1.86. The number of benzene rings is 2. The van der Waals surface area contributed by atoms with Crippen molar-refractivity contribution in [1.82, 2.24) is 4.98 Å². The molecule has 0 bridgehead atoms. The van der Waals surface area contributed by atoms with Crippen molar-refractivity contribution >= 4 is 45.7 Å². The maximum absolute atomic E-state index is 12.2. The predicted molar refractivity (Wildman–Crippen MR) is 109 cm³/mol. The van der Waals surface area contributed by atoms with Crippen LogP contribution in [-0.4, -0.2) is 17.5 Å². The lowest BCUT2D eigenvalue weighted by atomic mass is 10.0. The second-order valence-electron chi connectivity index (χ2n) is 6.08. The number of fused-ring (bicyclic) bond motifs is 1. The van der Waals surface area contributed by atoms with Gasteiger partial charge in [0.15, 0.2) is 6.61 Å². The number of amides is 1. The van der Waals surface area contributed by atoms with E-state index in [9.17, 15) is 9.59 Å². The largest absolute Gasteiger partial charge is 0.482 e. The minimum atomic E-state index is -0.340. The molecule has 0 aliphatic rings. The molecule has 140 valence electrons. The van der Waals surface area contributed by atoms with E-state index in [0.717, 1.165) is 23.8 Å². The van der Waals surface area contributed by atoms with E-state index in [1.165, 1.54) is 0 Å². The molecule has 0 aliphatic heterocycles. The van der Waals surface area contributed by atoms with Crippen molar-refractivity contribution in [3.8, 4) is 5.75 Å². The van der Waals surface area contributed by atoms with Crippen LogP contribution in [0.25, 0.3) is 10.9 Å². The first-order valence-electron chi connectivity index (χ1n) is 8.50. The molecular formula is C20H18Cl2N2O3. The monoisotopic (exact) mass is 404 g/mol. The number of rotatable bonds is 6. The first-order chi connectivity index (χ1) is 13.0. The van der Waals surface area contributed by atoms with E-state index in [1.54, 1.807) is 36.4 Å². The van der Waals surface area contributed by atoms with E-state index in [4.69, 9.17) is 27.9 Å². The number of carbonyl (C=O) groups excluding carboxylic acids is 1. The molecule has 0 radical (unpaired) electrons. The zero-order valence-corrected chi connectivity index (χ0v) is 16.2. The van der Waals surface area contributed by atoms with Crippen molar-refractivity contribution in [3.05, 3.63) is 68.4 Å². The molecule has 27 heavy (non-hydrogen) atoms. The van der Waals surface area contributed by atoms with Gasteiger partial charge in [0, 0.05) is 22.2 Å². The van der Waals surface area contributed by atoms with E-state index in [1.807, 2.05) is 6.07 Å². The van der Waals surface area contributed by atoms with Gasteiger partial charge in [0.05, 0.1) is 10.5 Å². The molecule has 3 aromatic rings. The van der Waals surface area contributed by atoms with Gasteiger partial charge in [-0.3, -0.25) is 9.59 Å². The van der Waals surface area contributed by atoms with Crippen molar-refractivity contribution < 1.29 is 9.53 Å². The number of hydrogen-bond acceptors (Lipinski definition) is 3. The van der Waals surface area contributed by atoms with Gasteiger partial charge in [-0.1, -0.05) is 42.6 Å². The molecule has 0 unspecified atom stereocenters. The number of ether oxygens (including phenoxy) is 1. The molecule has 7 heteroatoms. The minimum absolute atomic E-state index is 0.157. The maximum Gasteiger partial charge on any atom is 0.262 e. The topological polar surface area (TPSA) is 71.2 Å². The van der Waals surface area contributed by atoms with Crippen molar-refractivity contribution in [2.45, 2.75) is 19.8 Å². The van der Waals surface area contributed by atoms with Crippen LogP contribution in [0.4, 0.5) is 5.69 Å². The highest BCUT2D eigenvalue weighted by atomic mass is 35.5. The lowest BCUT2D eigenvalue weighted by Gasteiger charge is -2.10. The Morgan fingerprint density at radius 2 is 1.96 bits per heavy atom. The maximum atomic E-state index is 12.2. The summed E-state index contributed by atoms with van der Waals surface area (Å²) in [4.78, 5) is 26.8. The Hall–Kier alpha value is -2.50. The third kappa shape index (κ3) is 4.81. The van der Waals surface area contributed by atoms with Gasteiger partial charge in [-0.25, -0.2) is 0 Å². The van der Waals surface area contributed by atoms with Crippen molar-refractivity contribution in [3.63, 3.8) is 0 Å². The number of hydrogen-bond donors (Lipinski definition) is 2. The molecule has 1 amide bonds. The second-order valence-corrected chi connectivity index (χ2v) is 6.92. The standard InChI is InChI=1S/C20H18Cl2N2O3/c1-2-3-12-8-19(25)24-17-10-14(5-6-15(12)17)23-20(26)11-27-18-7-4-13(21)9-16(18)22/h4-10H,2-3,11H2,1H3,(H,23,26)(H,24,25). The van der Waals surface area contributed by atoms with E-state index >= 15 is 0 Å². The minimum Gasteiger partial charge on any atom is -0.482 e. The zero-order chi connectivity index (χ0) is 19.4. The summed E-state index contributed by atoms with van der Waals surface area (Å²) in [6.07, 6.45) is 1.77. The lowest BCUT2D eigenvalue weighted by molar-refractivity contribution is -0.118. The smallest absolute Gasteiger partial charge is 0.262 e. The van der Waals surface area contributed by atoms with Gasteiger partial charge in [-0.15, -0.1) is 0 Å². The Kier molecular flexibility index (Phi) is 6.04. The number of halogens is 2. The van der Waals surface area contributed by atoms with Crippen LogP contribution in [0.2, 0.25) is 10.0 Å². The number of carbonyl (C=O) groups is 1. The first kappa shape index (κ1) is 19.3. The lowest BCUT2D eigenvalue weighted by Crippen LogP contribution is -2.20. The fourth-order valence-corrected chi connectivity index (χ4v) is 3.28. The SMILES string of the molecule is CCCc1cc(=O)[nH]c2cc(NC(=O)COc3ccc(Cl)cc3Cl)ccc12.